The summed E-state index contributed by atoms with van der Waals surface area (Å²) in [6.45, 7) is 2.44. The highest BCUT2D eigenvalue weighted by molar-refractivity contribution is 9.10. The van der Waals surface area contributed by atoms with Gasteiger partial charge in [-0.15, -0.1) is 0 Å². The summed E-state index contributed by atoms with van der Waals surface area (Å²) in [5.41, 5.74) is 1.44. The molecule has 0 aliphatic carbocycles. The molecule has 24 heavy (non-hydrogen) atoms. The second-order valence-electron chi connectivity index (χ2n) is 5.29. The predicted molar refractivity (Wildman–Crippen MR) is 93.9 cm³/mol. The zero-order valence-electron chi connectivity index (χ0n) is 13.5. The summed E-state index contributed by atoms with van der Waals surface area (Å²) in [4.78, 5) is 11.6. The van der Waals surface area contributed by atoms with Gasteiger partial charge < -0.3 is 9.47 Å². The number of hydrogen-bond donors (Lipinski definition) is 0. The van der Waals surface area contributed by atoms with Crippen LogP contribution in [-0.2, 0) is 20.9 Å². The molecule has 2 rings (SSSR count). The number of benzene rings is 2. The van der Waals surface area contributed by atoms with Crippen molar-refractivity contribution in [2.24, 2.45) is 0 Å². The standard InChI is InChI=1S/C19H20BrFO3/c1-2-23-19(22)11-10-18(16-9-8-15(20)12-17(16)21)24-13-14-6-4-3-5-7-14/h3-9,12,18H,2,10-11,13H2,1H3. The summed E-state index contributed by atoms with van der Waals surface area (Å²) < 4.78 is 25.8. The Labute approximate surface area is 149 Å². The van der Waals surface area contributed by atoms with Crippen LogP contribution in [0.25, 0.3) is 0 Å². The Kier molecular flexibility index (Phi) is 7.40. The maximum atomic E-state index is 14.3. The van der Waals surface area contributed by atoms with Crippen LogP contribution >= 0.6 is 15.9 Å². The maximum Gasteiger partial charge on any atom is 0.305 e. The van der Waals surface area contributed by atoms with Gasteiger partial charge in [-0.2, -0.15) is 0 Å². The van der Waals surface area contributed by atoms with E-state index in [1.54, 1.807) is 19.1 Å². The van der Waals surface area contributed by atoms with Crippen LogP contribution in [0.1, 0.15) is 37.0 Å². The van der Waals surface area contributed by atoms with E-state index < -0.39 is 6.10 Å². The number of ether oxygens (including phenoxy) is 2. The predicted octanol–water partition coefficient (Wildman–Crippen LogP) is 5.19. The van der Waals surface area contributed by atoms with Crippen LogP contribution in [-0.4, -0.2) is 12.6 Å². The molecular formula is C19H20BrFO3. The minimum absolute atomic E-state index is 0.183. The molecule has 0 bridgehead atoms. The normalized spacial score (nSPS) is 12.0. The highest BCUT2D eigenvalue weighted by atomic mass is 79.9. The number of esters is 1. The molecule has 0 spiro atoms. The van der Waals surface area contributed by atoms with E-state index in [0.717, 1.165) is 5.56 Å². The first-order valence-electron chi connectivity index (χ1n) is 7.86. The highest BCUT2D eigenvalue weighted by Gasteiger charge is 2.19. The van der Waals surface area contributed by atoms with Gasteiger partial charge in [0.1, 0.15) is 5.82 Å². The largest absolute Gasteiger partial charge is 0.466 e. The van der Waals surface area contributed by atoms with Crippen LogP contribution in [0.2, 0.25) is 0 Å². The molecule has 1 atom stereocenters. The molecule has 0 aliphatic rings. The van der Waals surface area contributed by atoms with Crippen molar-refractivity contribution in [2.75, 3.05) is 6.61 Å². The van der Waals surface area contributed by atoms with Crippen molar-refractivity contribution in [2.45, 2.75) is 32.5 Å². The van der Waals surface area contributed by atoms with Gasteiger partial charge in [0.25, 0.3) is 0 Å². The van der Waals surface area contributed by atoms with Gasteiger partial charge in [0.05, 0.1) is 19.3 Å². The fourth-order valence-electron chi connectivity index (χ4n) is 2.34. The van der Waals surface area contributed by atoms with Crippen molar-refractivity contribution >= 4 is 21.9 Å². The maximum absolute atomic E-state index is 14.3. The minimum Gasteiger partial charge on any atom is -0.466 e. The average Bonchev–Trinajstić information content (AvgIpc) is 2.57. The summed E-state index contributed by atoms with van der Waals surface area (Å²) >= 11 is 3.25. The fourth-order valence-corrected chi connectivity index (χ4v) is 2.68. The van der Waals surface area contributed by atoms with Crippen molar-refractivity contribution in [3.63, 3.8) is 0 Å². The van der Waals surface area contributed by atoms with Gasteiger partial charge in [0.15, 0.2) is 0 Å². The lowest BCUT2D eigenvalue weighted by Crippen LogP contribution is -2.11. The molecule has 0 heterocycles. The van der Waals surface area contributed by atoms with E-state index in [-0.39, 0.29) is 18.2 Å². The topological polar surface area (TPSA) is 35.5 Å². The van der Waals surface area contributed by atoms with Crippen LogP contribution in [0.4, 0.5) is 4.39 Å². The van der Waals surface area contributed by atoms with E-state index in [4.69, 9.17) is 9.47 Å². The summed E-state index contributed by atoms with van der Waals surface area (Å²) in [6.07, 6.45) is 0.0373. The third-order valence-electron chi connectivity index (χ3n) is 3.52. The molecule has 1 unspecified atom stereocenters. The fraction of sp³-hybridized carbons (Fsp3) is 0.316. The lowest BCUT2D eigenvalue weighted by Gasteiger charge is -2.19. The number of carbonyl (C=O) groups is 1. The van der Waals surface area contributed by atoms with Crippen LogP contribution in [0.3, 0.4) is 0 Å². The van der Waals surface area contributed by atoms with Gasteiger partial charge in [-0.05, 0) is 31.0 Å². The van der Waals surface area contributed by atoms with Gasteiger partial charge in [0.2, 0.25) is 0 Å². The Morgan fingerprint density at radius 2 is 1.96 bits per heavy atom. The smallest absolute Gasteiger partial charge is 0.305 e. The first-order valence-corrected chi connectivity index (χ1v) is 8.65. The number of hydrogen-bond acceptors (Lipinski definition) is 3. The quantitative estimate of drug-likeness (QED) is 0.577. The molecule has 0 N–H and O–H groups in total. The number of rotatable bonds is 8. The second kappa shape index (κ2) is 9.55. The molecule has 5 heteroatoms. The molecule has 128 valence electrons. The molecule has 0 aromatic heterocycles. The monoisotopic (exact) mass is 394 g/mol. The molecule has 0 radical (unpaired) electrons. The molecule has 0 aliphatic heterocycles. The summed E-state index contributed by atoms with van der Waals surface area (Å²) in [5, 5.41) is 0. The summed E-state index contributed by atoms with van der Waals surface area (Å²) in [6, 6.07) is 14.5. The minimum atomic E-state index is -0.511. The lowest BCUT2D eigenvalue weighted by atomic mass is 10.0. The Balaban J connectivity index is 2.09. The third kappa shape index (κ3) is 5.73. The SMILES string of the molecule is CCOC(=O)CCC(OCc1ccccc1)c1ccc(Br)cc1F. The van der Waals surface area contributed by atoms with E-state index in [1.165, 1.54) is 6.07 Å². The second-order valence-corrected chi connectivity index (χ2v) is 6.21. The highest BCUT2D eigenvalue weighted by Crippen LogP contribution is 2.28. The Hall–Kier alpha value is -1.72. The molecule has 2 aromatic carbocycles. The number of carbonyl (C=O) groups excluding carboxylic acids is 1. The van der Waals surface area contributed by atoms with E-state index in [2.05, 4.69) is 15.9 Å². The van der Waals surface area contributed by atoms with Crippen LogP contribution in [0.15, 0.2) is 53.0 Å². The summed E-state index contributed by atoms with van der Waals surface area (Å²) in [5.74, 6) is -0.658. The summed E-state index contributed by atoms with van der Waals surface area (Å²) in [7, 11) is 0. The first-order chi connectivity index (χ1) is 11.6. The average molecular weight is 395 g/mol. The molecule has 0 amide bonds. The zero-order chi connectivity index (χ0) is 17.4. The van der Waals surface area contributed by atoms with Gasteiger partial charge in [-0.3, -0.25) is 4.79 Å². The molecule has 3 nitrogen and oxygen atoms in total. The van der Waals surface area contributed by atoms with E-state index >= 15 is 0 Å². The van der Waals surface area contributed by atoms with E-state index in [0.29, 0.717) is 29.7 Å². The van der Waals surface area contributed by atoms with Gasteiger partial charge in [-0.25, -0.2) is 4.39 Å². The lowest BCUT2D eigenvalue weighted by molar-refractivity contribution is -0.144. The van der Waals surface area contributed by atoms with Crippen LogP contribution in [0.5, 0.6) is 0 Å². The zero-order valence-corrected chi connectivity index (χ0v) is 15.1. The Bertz CT molecular complexity index is 661. The van der Waals surface area contributed by atoms with Crippen molar-refractivity contribution in [1.29, 1.82) is 0 Å². The van der Waals surface area contributed by atoms with Crippen LogP contribution < -0.4 is 0 Å². The van der Waals surface area contributed by atoms with Crippen molar-refractivity contribution in [3.05, 3.63) is 69.9 Å². The first kappa shape index (κ1) is 18.6. The van der Waals surface area contributed by atoms with Crippen molar-refractivity contribution in [3.8, 4) is 0 Å². The molecule has 0 saturated heterocycles. The Morgan fingerprint density at radius 3 is 2.62 bits per heavy atom. The van der Waals surface area contributed by atoms with Crippen LogP contribution in [0, 0.1) is 5.82 Å². The van der Waals surface area contributed by atoms with Crippen molar-refractivity contribution < 1.29 is 18.7 Å². The molecule has 2 aromatic rings. The number of halogens is 2. The van der Waals surface area contributed by atoms with E-state index in [1.807, 2.05) is 30.3 Å². The molecule has 0 saturated carbocycles. The third-order valence-corrected chi connectivity index (χ3v) is 4.01. The van der Waals surface area contributed by atoms with Gasteiger partial charge in [-0.1, -0.05) is 52.3 Å². The van der Waals surface area contributed by atoms with Gasteiger partial charge >= 0.3 is 5.97 Å². The van der Waals surface area contributed by atoms with Gasteiger partial charge in [0, 0.05) is 16.5 Å². The molecule has 0 fully saturated rings. The molecular weight excluding hydrogens is 375 g/mol. The van der Waals surface area contributed by atoms with E-state index in [9.17, 15) is 9.18 Å². The Morgan fingerprint density at radius 1 is 1.21 bits per heavy atom. The van der Waals surface area contributed by atoms with Crippen molar-refractivity contribution in [1.82, 2.24) is 0 Å².